The molecule has 1 fully saturated rings. The molecule has 5 heteroatoms. The lowest BCUT2D eigenvalue weighted by atomic mass is 9.97. The Labute approximate surface area is 102 Å². The summed E-state index contributed by atoms with van der Waals surface area (Å²) in [6.07, 6.45) is 3.43. The minimum atomic E-state index is -0.351. The SMILES string of the molecule is O=[N+]([O-])c1cc([C@H]2CCCCN2)ccc1Br. The molecule has 0 unspecified atom stereocenters. The highest BCUT2D eigenvalue weighted by Gasteiger charge is 2.19. The van der Waals surface area contributed by atoms with E-state index in [9.17, 15) is 10.1 Å². The van der Waals surface area contributed by atoms with Gasteiger partial charge in [0.25, 0.3) is 5.69 Å². The van der Waals surface area contributed by atoms with Crippen molar-refractivity contribution in [1.82, 2.24) is 5.32 Å². The lowest BCUT2D eigenvalue weighted by molar-refractivity contribution is -0.385. The maximum Gasteiger partial charge on any atom is 0.283 e. The maximum atomic E-state index is 10.8. The highest BCUT2D eigenvalue weighted by Crippen LogP contribution is 2.30. The van der Waals surface area contributed by atoms with Crippen LogP contribution in [0.2, 0.25) is 0 Å². The normalized spacial score (nSPS) is 20.7. The van der Waals surface area contributed by atoms with Gasteiger partial charge in [0, 0.05) is 12.1 Å². The van der Waals surface area contributed by atoms with Crippen molar-refractivity contribution in [2.24, 2.45) is 0 Å². The van der Waals surface area contributed by atoms with Gasteiger partial charge in [-0.2, -0.15) is 0 Å². The summed E-state index contributed by atoms with van der Waals surface area (Å²) in [5.41, 5.74) is 1.15. The van der Waals surface area contributed by atoms with Crippen molar-refractivity contribution in [3.63, 3.8) is 0 Å². The van der Waals surface area contributed by atoms with Crippen LogP contribution < -0.4 is 5.32 Å². The third-order valence-corrected chi connectivity index (χ3v) is 3.55. The molecule has 0 amide bonds. The molecule has 0 saturated carbocycles. The molecule has 4 nitrogen and oxygen atoms in total. The summed E-state index contributed by atoms with van der Waals surface area (Å²) < 4.78 is 0.539. The molecule has 0 spiro atoms. The predicted molar refractivity (Wildman–Crippen MR) is 65.4 cm³/mol. The molecule has 2 rings (SSSR count). The van der Waals surface area contributed by atoms with E-state index in [0.717, 1.165) is 18.5 Å². The number of piperidine rings is 1. The molecular weight excluding hydrogens is 272 g/mol. The van der Waals surface area contributed by atoms with Gasteiger partial charge in [-0.25, -0.2) is 0 Å². The average molecular weight is 285 g/mol. The van der Waals surface area contributed by atoms with Crippen molar-refractivity contribution < 1.29 is 4.92 Å². The van der Waals surface area contributed by atoms with Crippen LogP contribution in [0.4, 0.5) is 5.69 Å². The monoisotopic (exact) mass is 284 g/mol. The molecular formula is C11H13BrN2O2. The number of halogens is 1. The Morgan fingerprint density at radius 3 is 2.88 bits per heavy atom. The topological polar surface area (TPSA) is 55.2 Å². The molecule has 86 valence electrons. The molecule has 1 aliphatic rings. The first-order valence-electron chi connectivity index (χ1n) is 5.35. The van der Waals surface area contributed by atoms with Crippen LogP contribution in [-0.2, 0) is 0 Å². The van der Waals surface area contributed by atoms with E-state index in [0.29, 0.717) is 4.47 Å². The fourth-order valence-corrected chi connectivity index (χ4v) is 2.41. The Balaban J connectivity index is 2.27. The van der Waals surface area contributed by atoms with Gasteiger partial charge in [0.05, 0.1) is 9.40 Å². The van der Waals surface area contributed by atoms with Crippen LogP contribution in [0.1, 0.15) is 30.9 Å². The van der Waals surface area contributed by atoms with Gasteiger partial charge in [0.2, 0.25) is 0 Å². The van der Waals surface area contributed by atoms with Crippen LogP contribution in [0.25, 0.3) is 0 Å². The summed E-state index contributed by atoms with van der Waals surface area (Å²) in [6, 6.07) is 5.62. The molecule has 1 aliphatic heterocycles. The molecule has 1 saturated heterocycles. The zero-order chi connectivity index (χ0) is 11.5. The average Bonchev–Trinajstić information content (AvgIpc) is 2.30. The number of nitro benzene ring substituents is 1. The minimum Gasteiger partial charge on any atom is -0.310 e. The minimum absolute atomic E-state index is 0.143. The highest BCUT2D eigenvalue weighted by molar-refractivity contribution is 9.10. The van der Waals surface area contributed by atoms with Crippen LogP contribution in [0.15, 0.2) is 22.7 Å². The first kappa shape index (κ1) is 11.5. The first-order valence-corrected chi connectivity index (χ1v) is 6.15. The smallest absolute Gasteiger partial charge is 0.283 e. The third-order valence-electron chi connectivity index (χ3n) is 2.88. The van der Waals surface area contributed by atoms with Crippen LogP contribution in [0, 0.1) is 10.1 Å². The zero-order valence-electron chi connectivity index (χ0n) is 8.78. The van der Waals surface area contributed by atoms with Gasteiger partial charge in [-0.15, -0.1) is 0 Å². The largest absolute Gasteiger partial charge is 0.310 e. The molecule has 0 radical (unpaired) electrons. The van der Waals surface area contributed by atoms with Gasteiger partial charge in [0.1, 0.15) is 0 Å². The zero-order valence-corrected chi connectivity index (χ0v) is 10.4. The number of nitrogens with one attached hydrogen (secondary N) is 1. The molecule has 0 aromatic heterocycles. The number of nitrogens with zero attached hydrogens (tertiary/aromatic N) is 1. The van der Waals surface area contributed by atoms with Crippen molar-refractivity contribution in [3.05, 3.63) is 38.3 Å². The second-order valence-corrected chi connectivity index (χ2v) is 4.82. The second kappa shape index (κ2) is 4.93. The van der Waals surface area contributed by atoms with E-state index in [1.165, 1.54) is 12.8 Å². The van der Waals surface area contributed by atoms with Gasteiger partial charge in [0.15, 0.2) is 0 Å². The summed E-state index contributed by atoms with van der Waals surface area (Å²) in [5, 5.41) is 14.2. The van der Waals surface area contributed by atoms with Gasteiger partial charge >= 0.3 is 0 Å². The van der Waals surface area contributed by atoms with E-state index in [4.69, 9.17) is 0 Å². The number of hydrogen-bond acceptors (Lipinski definition) is 3. The molecule has 1 heterocycles. The fraction of sp³-hybridized carbons (Fsp3) is 0.455. The maximum absolute atomic E-state index is 10.8. The Hall–Kier alpha value is -0.940. The van der Waals surface area contributed by atoms with Crippen molar-refractivity contribution in [3.8, 4) is 0 Å². The summed E-state index contributed by atoms with van der Waals surface area (Å²) >= 11 is 3.19. The van der Waals surface area contributed by atoms with Gasteiger partial charge in [-0.3, -0.25) is 10.1 Å². The van der Waals surface area contributed by atoms with Crippen LogP contribution in [0.5, 0.6) is 0 Å². The first-order chi connectivity index (χ1) is 7.68. The van der Waals surface area contributed by atoms with E-state index in [1.54, 1.807) is 12.1 Å². The van der Waals surface area contributed by atoms with Crippen molar-refractivity contribution >= 4 is 21.6 Å². The number of rotatable bonds is 2. The van der Waals surface area contributed by atoms with E-state index in [1.807, 2.05) is 6.07 Å². The van der Waals surface area contributed by atoms with Crippen LogP contribution in [0.3, 0.4) is 0 Å². The Kier molecular flexibility index (Phi) is 3.56. The predicted octanol–water partition coefficient (Wildman–Crippen LogP) is 3.17. The Bertz CT molecular complexity index is 403. The molecule has 1 aromatic carbocycles. The highest BCUT2D eigenvalue weighted by atomic mass is 79.9. The molecule has 0 aliphatic carbocycles. The standard InChI is InChI=1S/C11H13BrN2O2/c12-9-5-4-8(7-11(9)14(15)16)10-3-1-2-6-13-10/h4-5,7,10,13H,1-3,6H2/t10-/m1/s1. The molecule has 1 aromatic rings. The Morgan fingerprint density at radius 2 is 2.25 bits per heavy atom. The van der Waals surface area contributed by atoms with Gasteiger partial charge in [-0.05, 0) is 46.9 Å². The molecule has 16 heavy (non-hydrogen) atoms. The van der Waals surface area contributed by atoms with E-state index >= 15 is 0 Å². The van der Waals surface area contributed by atoms with Crippen LogP contribution >= 0.6 is 15.9 Å². The van der Waals surface area contributed by atoms with Crippen molar-refractivity contribution in [2.75, 3.05) is 6.54 Å². The van der Waals surface area contributed by atoms with Crippen molar-refractivity contribution in [2.45, 2.75) is 25.3 Å². The summed E-state index contributed by atoms with van der Waals surface area (Å²) in [7, 11) is 0. The number of benzene rings is 1. The third kappa shape index (κ3) is 2.41. The summed E-state index contributed by atoms with van der Waals surface area (Å²) in [5.74, 6) is 0. The van der Waals surface area contributed by atoms with E-state index in [2.05, 4.69) is 21.2 Å². The lowest BCUT2D eigenvalue weighted by Gasteiger charge is -2.23. The van der Waals surface area contributed by atoms with E-state index in [-0.39, 0.29) is 16.7 Å². The van der Waals surface area contributed by atoms with Gasteiger partial charge in [-0.1, -0.05) is 12.5 Å². The molecule has 1 atom stereocenters. The fourth-order valence-electron chi connectivity index (χ4n) is 2.02. The number of hydrogen-bond donors (Lipinski definition) is 1. The second-order valence-electron chi connectivity index (χ2n) is 3.97. The number of nitro groups is 1. The summed E-state index contributed by atoms with van der Waals surface area (Å²) in [6.45, 7) is 0.995. The lowest BCUT2D eigenvalue weighted by Crippen LogP contribution is -2.26. The Morgan fingerprint density at radius 1 is 1.44 bits per heavy atom. The quantitative estimate of drug-likeness (QED) is 0.670. The molecule has 0 bridgehead atoms. The van der Waals surface area contributed by atoms with Gasteiger partial charge < -0.3 is 5.32 Å². The molecule has 1 N–H and O–H groups in total. The van der Waals surface area contributed by atoms with Crippen molar-refractivity contribution in [1.29, 1.82) is 0 Å². The summed E-state index contributed by atoms with van der Waals surface area (Å²) in [4.78, 5) is 10.5. The van der Waals surface area contributed by atoms with E-state index < -0.39 is 0 Å². The van der Waals surface area contributed by atoms with Crippen LogP contribution in [-0.4, -0.2) is 11.5 Å².